The van der Waals surface area contributed by atoms with Crippen LogP contribution in [-0.4, -0.2) is 48.6 Å². The first-order valence-electron chi connectivity index (χ1n) is 8.36. The molecule has 1 aliphatic rings. The van der Waals surface area contributed by atoms with E-state index >= 15 is 0 Å². The first-order chi connectivity index (χ1) is 11.8. The van der Waals surface area contributed by atoms with Crippen molar-refractivity contribution in [2.45, 2.75) is 6.92 Å². The third-order valence-corrected chi connectivity index (χ3v) is 4.21. The lowest BCUT2D eigenvalue weighted by Crippen LogP contribution is -2.49. The summed E-state index contributed by atoms with van der Waals surface area (Å²) in [5.41, 5.74) is 0.685. The molecule has 0 atom stereocenters. The van der Waals surface area contributed by atoms with Crippen molar-refractivity contribution in [2.24, 2.45) is 0 Å². The SMILES string of the molecule is CCN1CCN(C(=O)Nc2ccccc2Oc2ccccc2)CC1. The Morgan fingerprint density at radius 2 is 1.67 bits per heavy atom. The van der Waals surface area contributed by atoms with Gasteiger partial charge in [-0.05, 0) is 30.8 Å². The van der Waals surface area contributed by atoms with Crippen molar-refractivity contribution in [1.82, 2.24) is 9.80 Å². The summed E-state index contributed by atoms with van der Waals surface area (Å²) in [6.07, 6.45) is 0. The number of hydrogen-bond acceptors (Lipinski definition) is 3. The van der Waals surface area contributed by atoms with Crippen LogP contribution in [0.25, 0.3) is 0 Å². The van der Waals surface area contributed by atoms with Crippen molar-refractivity contribution < 1.29 is 9.53 Å². The molecule has 126 valence electrons. The zero-order valence-electron chi connectivity index (χ0n) is 13.9. The third kappa shape index (κ3) is 4.06. The van der Waals surface area contributed by atoms with Crippen LogP contribution in [0, 0.1) is 0 Å². The Morgan fingerprint density at radius 1 is 1.00 bits per heavy atom. The van der Waals surface area contributed by atoms with E-state index in [0.29, 0.717) is 11.4 Å². The summed E-state index contributed by atoms with van der Waals surface area (Å²) in [4.78, 5) is 16.7. The van der Waals surface area contributed by atoms with Crippen molar-refractivity contribution in [1.29, 1.82) is 0 Å². The average Bonchev–Trinajstić information content (AvgIpc) is 2.64. The fourth-order valence-corrected chi connectivity index (χ4v) is 2.74. The number of anilines is 1. The Bertz CT molecular complexity index is 667. The lowest BCUT2D eigenvalue weighted by molar-refractivity contribution is 0.151. The molecule has 1 fully saturated rings. The van der Waals surface area contributed by atoms with Crippen molar-refractivity contribution in [3.8, 4) is 11.5 Å². The van der Waals surface area contributed by atoms with E-state index in [4.69, 9.17) is 4.74 Å². The summed E-state index contributed by atoms with van der Waals surface area (Å²) in [5, 5.41) is 2.98. The molecule has 0 aromatic heterocycles. The highest BCUT2D eigenvalue weighted by Gasteiger charge is 2.20. The fourth-order valence-electron chi connectivity index (χ4n) is 2.74. The minimum atomic E-state index is -0.0742. The van der Waals surface area contributed by atoms with Gasteiger partial charge in [-0.1, -0.05) is 37.3 Å². The number of amides is 2. The van der Waals surface area contributed by atoms with E-state index < -0.39 is 0 Å². The first-order valence-corrected chi connectivity index (χ1v) is 8.36. The lowest BCUT2D eigenvalue weighted by Gasteiger charge is -2.34. The van der Waals surface area contributed by atoms with E-state index in [9.17, 15) is 4.79 Å². The van der Waals surface area contributed by atoms with Gasteiger partial charge in [0.05, 0.1) is 5.69 Å². The van der Waals surface area contributed by atoms with Crippen molar-refractivity contribution in [3.63, 3.8) is 0 Å². The van der Waals surface area contributed by atoms with Gasteiger partial charge in [0, 0.05) is 26.2 Å². The number of carbonyl (C=O) groups excluding carboxylic acids is 1. The zero-order chi connectivity index (χ0) is 16.8. The second-order valence-corrected chi connectivity index (χ2v) is 5.76. The summed E-state index contributed by atoms with van der Waals surface area (Å²) < 4.78 is 5.89. The molecule has 0 unspecified atom stereocenters. The smallest absolute Gasteiger partial charge is 0.322 e. The number of likely N-dealkylation sites (N-methyl/N-ethyl adjacent to an activating group) is 1. The molecule has 1 heterocycles. The van der Waals surface area contributed by atoms with Crippen molar-refractivity contribution in [2.75, 3.05) is 38.0 Å². The van der Waals surface area contributed by atoms with Crippen LogP contribution in [0.5, 0.6) is 11.5 Å². The van der Waals surface area contributed by atoms with Crippen LogP contribution in [0.15, 0.2) is 54.6 Å². The molecule has 1 saturated heterocycles. The summed E-state index contributed by atoms with van der Waals surface area (Å²) in [6, 6.07) is 17.0. The van der Waals surface area contributed by atoms with Crippen molar-refractivity contribution >= 4 is 11.7 Å². The van der Waals surface area contributed by atoms with Gasteiger partial charge in [0.15, 0.2) is 5.75 Å². The number of benzene rings is 2. The van der Waals surface area contributed by atoms with Crippen molar-refractivity contribution in [3.05, 3.63) is 54.6 Å². The number of rotatable bonds is 4. The Morgan fingerprint density at radius 3 is 2.38 bits per heavy atom. The highest BCUT2D eigenvalue weighted by Crippen LogP contribution is 2.29. The van der Waals surface area contributed by atoms with E-state index in [1.807, 2.05) is 59.5 Å². The van der Waals surface area contributed by atoms with Crippen LogP contribution < -0.4 is 10.1 Å². The Kier molecular flexibility index (Phi) is 5.33. The molecule has 1 N–H and O–H groups in total. The van der Waals surface area contributed by atoms with E-state index in [2.05, 4.69) is 17.1 Å². The molecule has 0 spiro atoms. The lowest BCUT2D eigenvalue weighted by atomic mass is 10.3. The van der Waals surface area contributed by atoms with E-state index in [0.717, 1.165) is 38.5 Å². The van der Waals surface area contributed by atoms with Crippen LogP contribution in [-0.2, 0) is 0 Å². The molecule has 2 amide bonds. The number of ether oxygens (including phenoxy) is 1. The maximum atomic E-state index is 12.5. The van der Waals surface area contributed by atoms with Crippen LogP contribution in [0.3, 0.4) is 0 Å². The molecular formula is C19H23N3O2. The van der Waals surface area contributed by atoms with Gasteiger partial charge in [-0.3, -0.25) is 0 Å². The molecule has 24 heavy (non-hydrogen) atoms. The van der Waals surface area contributed by atoms with Crippen LogP contribution in [0.1, 0.15) is 6.92 Å². The Balaban J connectivity index is 1.66. The largest absolute Gasteiger partial charge is 0.455 e. The quantitative estimate of drug-likeness (QED) is 0.933. The highest BCUT2D eigenvalue weighted by atomic mass is 16.5. The number of urea groups is 1. The molecule has 2 aromatic carbocycles. The van der Waals surface area contributed by atoms with E-state index in [1.54, 1.807) is 0 Å². The van der Waals surface area contributed by atoms with Gasteiger partial charge in [0.25, 0.3) is 0 Å². The average molecular weight is 325 g/mol. The normalized spacial score (nSPS) is 15.1. The van der Waals surface area contributed by atoms with Gasteiger partial charge in [-0.2, -0.15) is 0 Å². The number of carbonyl (C=O) groups is 1. The standard InChI is InChI=1S/C19H23N3O2/c1-2-21-12-14-22(15-13-21)19(23)20-17-10-6-7-11-18(17)24-16-8-4-3-5-9-16/h3-11H,2,12-15H2,1H3,(H,20,23). The molecule has 0 radical (unpaired) electrons. The second kappa shape index (κ2) is 7.84. The highest BCUT2D eigenvalue weighted by molar-refractivity contribution is 5.91. The monoisotopic (exact) mass is 325 g/mol. The fraction of sp³-hybridized carbons (Fsp3) is 0.316. The minimum Gasteiger partial charge on any atom is -0.455 e. The summed E-state index contributed by atoms with van der Waals surface area (Å²) in [7, 11) is 0. The Hall–Kier alpha value is -2.53. The van der Waals surface area contributed by atoms with E-state index in [1.165, 1.54) is 0 Å². The molecular weight excluding hydrogens is 302 g/mol. The molecule has 1 aliphatic heterocycles. The molecule has 0 bridgehead atoms. The molecule has 5 nitrogen and oxygen atoms in total. The molecule has 2 aromatic rings. The summed E-state index contributed by atoms with van der Waals surface area (Å²) >= 11 is 0. The van der Waals surface area contributed by atoms with Gasteiger partial charge in [0.2, 0.25) is 0 Å². The van der Waals surface area contributed by atoms with E-state index in [-0.39, 0.29) is 6.03 Å². The zero-order valence-corrected chi connectivity index (χ0v) is 13.9. The number of nitrogens with zero attached hydrogens (tertiary/aromatic N) is 2. The van der Waals surface area contributed by atoms with Gasteiger partial charge in [0.1, 0.15) is 5.75 Å². The number of piperazine rings is 1. The van der Waals surface area contributed by atoms with Gasteiger partial charge in [-0.15, -0.1) is 0 Å². The molecule has 0 aliphatic carbocycles. The topological polar surface area (TPSA) is 44.8 Å². The van der Waals surface area contributed by atoms with Crippen LogP contribution >= 0.6 is 0 Å². The predicted octanol–water partition coefficient (Wildman–Crippen LogP) is 3.65. The maximum absolute atomic E-state index is 12.5. The van der Waals surface area contributed by atoms with Gasteiger partial charge >= 0.3 is 6.03 Å². The predicted molar refractivity (Wildman–Crippen MR) is 95.7 cm³/mol. The number of para-hydroxylation sites is 3. The molecule has 0 saturated carbocycles. The van der Waals surface area contributed by atoms with Gasteiger partial charge < -0.3 is 19.9 Å². The third-order valence-electron chi connectivity index (χ3n) is 4.21. The molecule has 5 heteroatoms. The molecule has 3 rings (SSSR count). The van der Waals surface area contributed by atoms with Crippen LogP contribution in [0.4, 0.5) is 10.5 Å². The Labute approximate surface area is 142 Å². The minimum absolute atomic E-state index is 0.0742. The number of nitrogens with one attached hydrogen (secondary N) is 1. The summed E-state index contributed by atoms with van der Waals surface area (Å²) in [6.45, 7) is 6.52. The second-order valence-electron chi connectivity index (χ2n) is 5.76. The summed E-state index contributed by atoms with van der Waals surface area (Å²) in [5.74, 6) is 1.39. The maximum Gasteiger partial charge on any atom is 0.322 e. The van der Waals surface area contributed by atoms with Crippen LogP contribution in [0.2, 0.25) is 0 Å². The van der Waals surface area contributed by atoms with Gasteiger partial charge in [-0.25, -0.2) is 4.79 Å². The first kappa shape index (κ1) is 16.3. The number of hydrogen-bond donors (Lipinski definition) is 1.